The second kappa shape index (κ2) is 9.26. The highest BCUT2D eigenvalue weighted by atomic mass is 16.6. The van der Waals surface area contributed by atoms with Crippen LogP contribution in [0.3, 0.4) is 0 Å². The first-order valence-electron chi connectivity index (χ1n) is 9.31. The number of amides is 1. The van der Waals surface area contributed by atoms with Gasteiger partial charge in [-0.1, -0.05) is 18.5 Å². The van der Waals surface area contributed by atoms with E-state index >= 15 is 0 Å². The van der Waals surface area contributed by atoms with E-state index < -0.39 is 6.10 Å². The lowest BCUT2D eigenvalue weighted by atomic mass is 10.0. The summed E-state index contributed by atoms with van der Waals surface area (Å²) in [6.07, 6.45) is 7.29. The molecule has 0 aromatic rings. The van der Waals surface area contributed by atoms with Gasteiger partial charge in [0.1, 0.15) is 0 Å². The summed E-state index contributed by atoms with van der Waals surface area (Å²) in [5.41, 5.74) is 0.854. The molecule has 23 heavy (non-hydrogen) atoms. The van der Waals surface area contributed by atoms with Crippen LogP contribution >= 0.6 is 0 Å². The Morgan fingerprint density at radius 2 is 1.83 bits per heavy atom. The van der Waals surface area contributed by atoms with Gasteiger partial charge in [0.05, 0.1) is 5.71 Å². The number of carbonyl (C=O) groups is 1. The number of likely N-dealkylation sites (tertiary alicyclic amines) is 2. The Kier molecular flexibility index (Phi) is 7.34. The topological polar surface area (TPSA) is 45.1 Å². The molecule has 0 unspecified atom stereocenters. The van der Waals surface area contributed by atoms with Gasteiger partial charge in [-0.25, -0.2) is 0 Å². The fraction of sp³-hybridized carbons (Fsp3) is 0.889. The third-order valence-corrected chi connectivity index (χ3v) is 4.89. The van der Waals surface area contributed by atoms with Crippen molar-refractivity contribution >= 4 is 11.6 Å². The highest BCUT2D eigenvalue weighted by molar-refractivity contribution is 5.81. The van der Waals surface area contributed by atoms with Crippen molar-refractivity contribution in [1.29, 1.82) is 0 Å². The van der Waals surface area contributed by atoms with Crippen molar-refractivity contribution in [3.63, 3.8) is 0 Å². The van der Waals surface area contributed by atoms with Crippen molar-refractivity contribution < 1.29 is 9.63 Å². The lowest BCUT2D eigenvalue weighted by molar-refractivity contribution is -0.145. The fourth-order valence-corrected chi connectivity index (χ4v) is 3.54. The molecule has 2 rings (SSSR count). The molecule has 1 amide bonds. The zero-order valence-electron chi connectivity index (χ0n) is 15.1. The van der Waals surface area contributed by atoms with Crippen molar-refractivity contribution in [2.75, 3.05) is 26.2 Å². The molecule has 5 nitrogen and oxygen atoms in total. The zero-order valence-corrected chi connectivity index (χ0v) is 15.1. The monoisotopic (exact) mass is 323 g/mol. The molecule has 1 atom stereocenters. The van der Waals surface area contributed by atoms with Crippen LogP contribution in [0.4, 0.5) is 0 Å². The Hall–Kier alpha value is -1.10. The molecule has 132 valence electrons. The SMILES string of the molecule is CCCC[C@@H](ON=C(C)C)C(=O)N1CCC(N2CCCC2)CC1. The molecule has 2 aliphatic rings. The van der Waals surface area contributed by atoms with Crippen LogP contribution in [0, 0.1) is 0 Å². The van der Waals surface area contributed by atoms with Gasteiger partial charge in [-0.3, -0.25) is 4.79 Å². The molecule has 0 bridgehead atoms. The first-order valence-corrected chi connectivity index (χ1v) is 9.31. The van der Waals surface area contributed by atoms with Gasteiger partial charge in [0.15, 0.2) is 0 Å². The number of rotatable bonds is 7. The standard InChI is InChI=1S/C18H33N3O2/c1-4-5-8-17(23-19-15(2)3)18(22)21-13-9-16(10-14-21)20-11-6-7-12-20/h16-17H,4-14H2,1-3H3/t17-/m1/s1. The lowest BCUT2D eigenvalue weighted by Crippen LogP contribution is -2.49. The van der Waals surface area contributed by atoms with E-state index in [4.69, 9.17) is 4.84 Å². The minimum absolute atomic E-state index is 0.128. The van der Waals surface area contributed by atoms with Gasteiger partial charge in [0, 0.05) is 19.1 Å². The molecule has 0 aromatic carbocycles. The van der Waals surface area contributed by atoms with Crippen molar-refractivity contribution in [3.05, 3.63) is 0 Å². The number of nitrogens with zero attached hydrogens (tertiary/aromatic N) is 3. The van der Waals surface area contributed by atoms with E-state index in [-0.39, 0.29) is 5.91 Å². The van der Waals surface area contributed by atoms with Gasteiger partial charge in [-0.05, 0) is 65.5 Å². The summed E-state index contributed by atoms with van der Waals surface area (Å²) < 4.78 is 0. The lowest BCUT2D eigenvalue weighted by Gasteiger charge is -2.37. The molecule has 0 aromatic heterocycles. The summed E-state index contributed by atoms with van der Waals surface area (Å²) in [7, 11) is 0. The molecular formula is C18H33N3O2. The van der Waals surface area contributed by atoms with E-state index in [1.54, 1.807) is 0 Å². The maximum Gasteiger partial charge on any atom is 0.266 e. The average molecular weight is 323 g/mol. The minimum Gasteiger partial charge on any atom is -0.382 e. The second-order valence-corrected chi connectivity index (χ2v) is 7.07. The van der Waals surface area contributed by atoms with Crippen LogP contribution in [-0.2, 0) is 9.63 Å². The van der Waals surface area contributed by atoms with Crippen LogP contribution in [0.1, 0.15) is 65.7 Å². The van der Waals surface area contributed by atoms with Crippen molar-refractivity contribution in [2.24, 2.45) is 5.16 Å². The molecular weight excluding hydrogens is 290 g/mol. The van der Waals surface area contributed by atoms with Crippen molar-refractivity contribution in [2.45, 2.75) is 77.9 Å². The highest BCUT2D eigenvalue weighted by Crippen LogP contribution is 2.22. The van der Waals surface area contributed by atoms with E-state index in [0.29, 0.717) is 6.04 Å². The van der Waals surface area contributed by atoms with Crippen molar-refractivity contribution in [1.82, 2.24) is 9.80 Å². The van der Waals surface area contributed by atoms with E-state index in [2.05, 4.69) is 17.0 Å². The van der Waals surface area contributed by atoms with E-state index in [0.717, 1.165) is 50.9 Å². The Morgan fingerprint density at radius 1 is 1.17 bits per heavy atom. The van der Waals surface area contributed by atoms with E-state index in [1.807, 2.05) is 18.7 Å². The summed E-state index contributed by atoms with van der Waals surface area (Å²) in [4.78, 5) is 22.9. The van der Waals surface area contributed by atoms with Crippen LogP contribution in [0.5, 0.6) is 0 Å². The Bertz CT molecular complexity index is 393. The first-order chi connectivity index (χ1) is 11.1. The molecule has 5 heteroatoms. The molecule has 2 heterocycles. The Balaban J connectivity index is 1.85. The molecule has 2 fully saturated rings. The predicted octanol–water partition coefficient (Wildman–Crippen LogP) is 3.04. The normalized spacial score (nSPS) is 21.3. The molecule has 0 spiro atoms. The maximum atomic E-state index is 12.8. The van der Waals surface area contributed by atoms with Gasteiger partial charge in [-0.2, -0.15) is 0 Å². The summed E-state index contributed by atoms with van der Waals surface area (Å²) in [6.45, 7) is 10.1. The van der Waals surface area contributed by atoms with Gasteiger partial charge in [-0.15, -0.1) is 0 Å². The highest BCUT2D eigenvalue weighted by Gasteiger charge is 2.32. The minimum atomic E-state index is -0.409. The van der Waals surface area contributed by atoms with Crippen molar-refractivity contribution in [3.8, 4) is 0 Å². The fourth-order valence-electron chi connectivity index (χ4n) is 3.54. The molecule has 0 aliphatic carbocycles. The summed E-state index contributed by atoms with van der Waals surface area (Å²) in [5.74, 6) is 0.128. The zero-order chi connectivity index (χ0) is 16.7. The third kappa shape index (κ3) is 5.48. The first kappa shape index (κ1) is 18.2. The number of unbranched alkanes of at least 4 members (excludes halogenated alkanes) is 1. The molecule has 2 aliphatic heterocycles. The average Bonchev–Trinajstić information content (AvgIpc) is 3.09. The quantitative estimate of drug-likeness (QED) is 0.534. The Morgan fingerprint density at radius 3 is 2.39 bits per heavy atom. The number of carbonyl (C=O) groups excluding carboxylic acids is 1. The smallest absolute Gasteiger partial charge is 0.266 e. The number of hydrogen-bond acceptors (Lipinski definition) is 4. The predicted molar refractivity (Wildman–Crippen MR) is 93.6 cm³/mol. The number of hydrogen-bond donors (Lipinski definition) is 0. The van der Waals surface area contributed by atoms with Gasteiger partial charge < -0.3 is 14.6 Å². The van der Waals surface area contributed by atoms with E-state index in [9.17, 15) is 4.79 Å². The van der Waals surface area contributed by atoms with Crippen LogP contribution in [0.2, 0.25) is 0 Å². The summed E-state index contributed by atoms with van der Waals surface area (Å²) >= 11 is 0. The summed E-state index contributed by atoms with van der Waals surface area (Å²) in [5, 5.41) is 4.03. The molecule has 0 N–H and O–H groups in total. The van der Waals surface area contributed by atoms with Gasteiger partial charge >= 0.3 is 0 Å². The van der Waals surface area contributed by atoms with Crippen LogP contribution in [-0.4, -0.2) is 59.7 Å². The molecule has 0 saturated carbocycles. The second-order valence-electron chi connectivity index (χ2n) is 7.07. The van der Waals surface area contributed by atoms with Gasteiger partial charge in [0.25, 0.3) is 5.91 Å². The van der Waals surface area contributed by atoms with Crippen LogP contribution in [0.25, 0.3) is 0 Å². The molecule has 0 radical (unpaired) electrons. The number of piperidine rings is 1. The van der Waals surface area contributed by atoms with Crippen LogP contribution < -0.4 is 0 Å². The largest absolute Gasteiger partial charge is 0.382 e. The summed E-state index contributed by atoms with van der Waals surface area (Å²) in [6, 6.07) is 0.674. The van der Waals surface area contributed by atoms with E-state index in [1.165, 1.54) is 25.9 Å². The maximum absolute atomic E-state index is 12.8. The Labute approximate surface area is 141 Å². The number of oxime groups is 1. The molecule has 2 saturated heterocycles. The van der Waals surface area contributed by atoms with Crippen LogP contribution in [0.15, 0.2) is 5.16 Å². The van der Waals surface area contributed by atoms with Gasteiger partial charge in [0.2, 0.25) is 6.10 Å². The third-order valence-electron chi connectivity index (χ3n) is 4.89.